The molecule has 1 aromatic heterocycles. The predicted molar refractivity (Wildman–Crippen MR) is 68.1 cm³/mol. The van der Waals surface area contributed by atoms with Gasteiger partial charge in [0.25, 0.3) is 0 Å². The number of rotatable bonds is 3. The molecule has 0 radical (unpaired) electrons. The minimum Gasteiger partial charge on any atom is -0.332 e. The normalized spacial score (nSPS) is 10.4. The van der Waals surface area contributed by atoms with E-state index in [1.807, 2.05) is 0 Å². The summed E-state index contributed by atoms with van der Waals surface area (Å²) in [5.74, 6) is -2.57. The zero-order valence-corrected chi connectivity index (χ0v) is 10.8. The molecule has 2 aromatic rings. The molecule has 9 heteroatoms. The minimum absolute atomic E-state index is 0.00862. The Hall–Kier alpha value is -2.35. The predicted octanol–water partition coefficient (Wildman–Crippen LogP) is 3.37. The maximum absolute atomic E-state index is 13.5. The van der Waals surface area contributed by atoms with E-state index >= 15 is 0 Å². The summed E-state index contributed by atoms with van der Waals surface area (Å²) in [6.45, 7) is 1.36. The van der Waals surface area contributed by atoms with Crippen molar-refractivity contribution < 1.29 is 13.7 Å². The second kappa shape index (κ2) is 5.33. The quantitative estimate of drug-likeness (QED) is 0.534. The summed E-state index contributed by atoms with van der Waals surface area (Å²) < 4.78 is 26.6. The maximum atomic E-state index is 13.5. The molecule has 0 spiro atoms. The molecule has 104 valence electrons. The molecule has 0 saturated carbocycles. The first-order chi connectivity index (χ1) is 9.40. The molecule has 20 heavy (non-hydrogen) atoms. The Morgan fingerprint density at radius 3 is 2.70 bits per heavy atom. The van der Waals surface area contributed by atoms with E-state index < -0.39 is 22.2 Å². The van der Waals surface area contributed by atoms with Crippen molar-refractivity contribution in [3.05, 3.63) is 50.9 Å². The number of nitrogens with one attached hydrogen (secondary N) is 1. The molecule has 0 aliphatic rings. The van der Waals surface area contributed by atoms with Gasteiger partial charge in [0.1, 0.15) is 5.69 Å². The van der Waals surface area contributed by atoms with E-state index in [1.165, 1.54) is 19.1 Å². The third-order valence-electron chi connectivity index (χ3n) is 2.42. The van der Waals surface area contributed by atoms with Crippen molar-refractivity contribution >= 4 is 28.8 Å². The molecule has 0 saturated heterocycles. The molecule has 0 atom stereocenters. The summed E-state index contributed by atoms with van der Waals surface area (Å²) in [6.07, 6.45) is 0. The van der Waals surface area contributed by atoms with Crippen molar-refractivity contribution in [3.8, 4) is 0 Å². The van der Waals surface area contributed by atoms with Crippen LogP contribution in [-0.4, -0.2) is 14.9 Å². The molecule has 1 heterocycles. The van der Waals surface area contributed by atoms with Crippen molar-refractivity contribution in [2.75, 3.05) is 5.32 Å². The summed E-state index contributed by atoms with van der Waals surface area (Å²) in [4.78, 5) is 17.5. The summed E-state index contributed by atoms with van der Waals surface area (Å²) in [5.41, 5.74) is -0.741. The molecular formula is C11H7ClF2N4O2. The Morgan fingerprint density at radius 1 is 1.35 bits per heavy atom. The van der Waals surface area contributed by atoms with Crippen LogP contribution in [-0.2, 0) is 0 Å². The van der Waals surface area contributed by atoms with Gasteiger partial charge in [-0.2, -0.15) is 4.98 Å². The fraction of sp³-hybridized carbons (Fsp3) is 0.0909. The van der Waals surface area contributed by atoms with Crippen LogP contribution in [0.1, 0.15) is 5.69 Å². The molecule has 1 N–H and O–H groups in total. The zero-order chi connectivity index (χ0) is 14.9. The largest absolute Gasteiger partial charge is 0.332 e. The fourth-order valence-corrected chi connectivity index (χ4v) is 1.78. The van der Waals surface area contributed by atoms with Crippen LogP contribution in [0, 0.1) is 28.7 Å². The van der Waals surface area contributed by atoms with Crippen molar-refractivity contribution in [1.82, 2.24) is 9.97 Å². The van der Waals surface area contributed by atoms with Gasteiger partial charge in [-0.05, 0) is 30.7 Å². The maximum Gasteiger partial charge on any atom is 0.332 e. The van der Waals surface area contributed by atoms with Gasteiger partial charge in [-0.3, -0.25) is 10.1 Å². The second-order valence-corrected chi connectivity index (χ2v) is 4.10. The molecule has 0 amide bonds. The highest BCUT2D eigenvalue weighted by atomic mass is 35.5. The smallest absolute Gasteiger partial charge is 0.332 e. The van der Waals surface area contributed by atoms with Gasteiger partial charge in [-0.15, -0.1) is 0 Å². The van der Waals surface area contributed by atoms with E-state index in [2.05, 4.69) is 15.3 Å². The Bertz CT molecular complexity index is 696. The lowest BCUT2D eigenvalue weighted by Gasteiger charge is -2.08. The first-order valence-electron chi connectivity index (χ1n) is 5.29. The van der Waals surface area contributed by atoms with Gasteiger partial charge in [-0.25, -0.2) is 13.8 Å². The standard InChI is InChI=1S/C11H7ClF2N4O2/c1-5-9(18(19)20)10(17-11(12)15-5)16-7-4-2-3-6(13)8(7)14/h2-4H,1H3,(H,15,16,17). The number of halogens is 3. The summed E-state index contributed by atoms with van der Waals surface area (Å²) in [5, 5.41) is 13.1. The highest BCUT2D eigenvalue weighted by molar-refractivity contribution is 6.28. The topological polar surface area (TPSA) is 81.0 Å². The van der Waals surface area contributed by atoms with Crippen LogP contribution in [0.5, 0.6) is 0 Å². The van der Waals surface area contributed by atoms with Crippen LogP contribution in [0.15, 0.2) is 18.2 Å². The molecule has 0 unspecified atom stereocenters. The molecule has 6 nitrogen and oxygen atoms in total. The van der Waals surface area contributed by atoms with Gasteiger partial charge >= 0.3 is 5.69 Å². The number of aryl methyl sites for hydroxylation is 1. The van der Waals surface area contributed by atoms with Gasteiger partial charge < -0.3 is 5.32 Å². The lowest BCUT2D eigenvalue weighted by Crippen LogP contribution is -2.05. The van der Waals surface area contributed by atoms with E-state index in [1.54, 1.807) is 0 Å². The summed E-state index contributed by atoms with van der Waals surface area (Å²) >= 11 is 5.61. The average Bonchev–Trinajstić information content (AvgIpc) is 2.33. The van der Waals surface area contributed by atoms with Crippen molar-refractivity contribution in [2.24, 2.45) is 0 Å². The summed E-state index contributed by atoms with van der Waals surface area (Å²) in [7, 11) is 0. The number of anilines is 2. The SMILES string of the molecule is Cc1nc(Cl)nc(Nc2cccc(F)c2F)c1[N+](=O)[O-]. The Labute approximate surface area is 116 Å². The third-order valence-corrected chi connectivity index (χ3v) is 2.59. The second-order valence-electron chi connectivity index (χ2n) is 3.76. The molecule has 1 aromatic carbocycles. The molecule has 0 fully saturated rings. The molecule has 0 aliphatic heterocycles. The average molecular weight is 301 g/mol. The minimum atomic E-state index is -1.17. The molecule has 0 bridgehead atoms. The number of hydrogen-bond acceptors (Lipinski definition) is 5. The van der Waals surface area contributed by atoms with Gasteiger partial charge in [0.05, 0.1) is 10.6 Å². The van der Waals surface area contributed by atoms with Gasteiger partial charge in [0.15, 0.2) is 11.6 Å². The van der Waals surface area contributed by atoms with Crippen molar-refractivity contribution in [3.63, 3.8) is 0 Å². The first-order valence-corrected chi connectivity index (χ1v) is 5.67. The van der Waals surface area contributed by atoms with Crippen LogP contribution in [0.25, 0.3) is 0 Å². The Morgan fingerprint density at radius 2 is 2.05 bits per heavy atom. The van der Waals surface area contributed by atoms with E-state index in [0.29, 0.717) is 0 Å². The van der Waals surface area contributed by atoms with Gasteiger partial charge in [0.2, 0.25) is 11.1 Å². The van der Waals surface area contributed by atoms with Crippen LogP contribution in [0.2, 0.25) is 5.28 Å². The molecule has 0 aliphatic carbocycles. The monoisotopic (exact) mass is 300 g/mol. The van der Waals surface area contributed by atoms with Crippen LogP contribution in [0.4, 0.5) is 26.0 Å². The Balaban J connectivity index is 2.53. The number of aromatic nitrogens is 2. The van der Waals surface area contributed by atoms with Crippen molar-refractivity contribution in [1.29, 1.82) is 0 Å². The van der Waals surface area contributed by atoms with E-state index in [0.717, 1.165) is 6.07 Å². The number of benzene rings is 1. The van der Waals surface area contributed by atoms with Crippen molar-refractivity contribution in [2.45, 2.75) is 6.92 Å². The third kappa shape index (κ3) is 2.64. The van der Waals surface area contributed by atoms with Gasteiger partial charge in [0, 0.05) is 0 Å². The van der Waals surface area contributed by atoms with E-state index in [4.69, 9.17) is 11.6 Å². The van der Waals surface area contributed by atoms with Crippen LogP contribution < -0.4 is 5.32 Å². The zero-order valence-electron chi connectivity index (χ0n) is 10.0. The molecular weight excluding hydrogens is 294 g/mol. The van der Waals surface area contributed by atoms with E-state index in [-0.39, 0.29) is 22.5 Å². The number of nitro groups is 1. The summed E-state index contributed by atoms with van der Waals surface area (Å²) in [6, 6.07) is 3.39. The lowest BCUT2D eigenvalue weighted by molar-refractivity contribution is -0.385. The Kier molecular flexibility index (Phi) is 3.75. The number of hydrogen-bond donors (Lipinski definition) is 1. The van der Waals surface area contributed by atoms with Crippen LogP contribution >= 0.6 is 11.6 Å². The highest BCUT2D eigenvalue weighted by Gasteiger charge is 2.23. The number of nitrogens with zero attached hydrogens (tertiary/aromatic N) is 3. The van der Waals surface area contributed by atoms with E-state index in [9.17, 15) is 18.9 Å². The van der Waals surface area contributed by atoms with Crippen LogP contribution in [0.3, 0.4) is 0 Å². The fourth-order valence-electron chi connectivity index (χ4n) is 1.57. The highest BCUT2D eigenvalue weighted by Crippen LogP contribution is 2.30. The molecule has 2 rings (SSSR count). The lowest BCUT2D eigenvalue weighted by atomic mass is 10.2. The van der Waals surface area contributed by atoms with Gasteiger partial charge in [-0.1, -0.05) is 6.07 Å². The first kappa shape index (κ1) is 14.1.